The van der Waals surface area contributed by atoms with Crippen molar-refractivity contribution in [1.29, 1.82) is 0 Å². The van der Waals surface area contributed by atoms with Gasteiger partial charge in [-0.25, -0.2) is 0 Å². The molecule has 1 aliphatic heterocycles. The number of ether oxygens (including phenoxy) is 1. The molecule has 6 nitrogen and oxygen atoms in total. The molecular weight excluding hydrogens is 496 g/mol. The van der Waals surface area contributed by atoms with Gasteiger partial charge in [0.1, 0.15) is 11.3 Å². The fraction of sp³-hybridized carbons (Fsp3) is 0.370. The molecule has 0 bridgehead atoms. The van der Waals surface area contributed by atoms with Gasteiger partial charge >= 0.3 is 0 Å². The van der Waals surface area contributed by atoms with Crippen LogP contribution in [0.2, 0.25) is 0 Å². The summed E-state index contributed by atoms with van der Waals surface area (Å²) in [5.41, 5.74) is 1.35. The van der Waals surface area contributed by atoms with E-state index in [4.69, 9.17) is 4.74 Å². The molecule has 0 fully saturated rings. The summed E-state index contributed by atoms with van der Waals surface area (Å²) in [7, 11) is 0. The van der Waals surface area contributed by atoms with E-state index in [1.807, 2.05) is 71.9 Å². The second-order valence-corrected chi connectivity index (χ2v) is 11.9. The van der Waals surface area contributed by atoms with Crippen LogP contribution in [0.25, 0.3) is 0 Å². The molecule has 0 aromatic heterocycles. The summed E-state index contributed by atoms with van der Waals surface area (Å²) >= 11 is 3.54. The van der Waals surface area contributed by atoms with E-state index in [0.717, 1.165) is 15.7 Å². The van der Waals surface area contributed by atoms with Gasteiger partial charge in [-0.15, -0.1) is 0 Å². The molecule has 4 rings (SSSR count). The van der Waals surface area contributed by atoms with Crippen molar-refractivity contribution in [2.24, 2.45) is 10.8 Å². The first kappa shape index (κ1) is 24.2. The third-order valence-corrected chi connectivity index (χ3v) is 6.74. The van der Waals surface area contributed by atoms with E-state index in [2.05, 4.69) is 21.2 Å². The number of Topliss-reactive ketones (excluding diaryl/α,β-unsaturated/α-hetero) is 1. The minimum absolute atomic E-state index is 0.0153. The number of anilines is 1. The van der Waals surface area contributed by atoms with Gasteiger partial charge in [-0.1, -0.05) is 57.5 Å². The van der Waals surface area contributed by atoms with Gasteiger partial charge in [-0.3, -0.25) is 14.9 Å². The Morgan fingerprint density at radius 3 is 2.03 bits per heavy atom. The van der Waals surface area contributed by atoms with Gasteiger partial charge in [0.05, 0.1) is 10.6 Å². The Morgan fingerprint density at radius 2 is 1.53 bits per heavy atom. The predicted molar refractivity (Wildman–Crippen MR) is 137 cm³/mol. The van der Waals surface area contributed by atoms with E-state index in [-0.39, 0.29) is 11.5 Å². The summed E-state index contributed by atoms with van der Waals surface area (Å²) in [5.74, 6) is 0.709. The number of benzene rings is 2. The Bertz CT molecular complexity index is 1200. The summed E-state index contributed by atoms with van der Waals surface area (Å²) in [5, 5.41) is 14.9. The summed E-state index contributed by atoms with van der Waals surface area (Å²) in [6.07, 6.45) is 3.42. The highest BCUT2D eigenvalue weighted by Gasteiger charge is 2.49. The Hall–Kier alpha value is -2.93. The van der Waals surface area contributed by atoms with Crippen LogP contribution in [0, 0.1) is 20.9 Å². The van der Waals surface area contributed by atoms with Crippen LogP contribution >= 0.6 is 15.9 Å². The first-order chi connectivity index (χ1) is 15.7. The fourth-order valence-electron chi connectivity index (χ4n) is 4.47. The molecule has 2 aromatic rings. The van der Waals surface area contributed by atoms with E-state index in [9.17, 15) is 14.9 Å². The lowest BCUT2D eigenvalue weighted by atomic mass is 9.67. The van der Waals surface area contributed by atoms with Gasteiger partial charge in [0.25, 0.3) is 5.69 Å². The highest BCUT2D eigenvalue weighted by atomic mass is 79.9. The number of hydrogen-bond acceptors (Lipinski definition) is 5. The minimum Gasteiger partial charge on any atom is -0.480 e. The van der Waals surface area contributed by atoms with Crippen molar-refractivity contribution in [2.75, 3.05) is 5.32 Å². The van der Waals surface area contributed by atoms with Crippen LogP contribution in [0.5, 0.6) is 5.75 Å². The van der Waals surface area contributed by atoms with Crippen LogP contribution < -0.4 is 10.1 Å². The molecule has 0 saturated carbocycles. The zero-order valence-corrected chi connectivity index (χ0v) is 21.8. The second kappa shape index (κ2) is 8.08. The van der Waals surface area contributed by atoms with E-state index < -0.39 is 27.4 Å². The van der Waals surface area contributed by atoms with E-state index >= 15 is 0 Å². The number of hydrogen-bond donors (Lipinski definition) is 1. The van der Waals surface area contributed by atoms with Gasteiger partial charge < -0.3 is 10.1 Å². The Labute approximate surface area is 208 Å². The quantitative estimate of drug-likeness (QED) is 0.332. The molecule has 1 atom stereocenters. The maximum atomic E-state index is 13.6. The van der Waals surface area contributed by atoms with Crippen LogP contribution in [0.4, 0.5) is 11.4 Å². The smallest absolute Gasteiger partial charge is 0.269 e. The molecule has 2 aliphatic rings. The number of fused-ring (bicyclic) bond motifs is 1. The third-order valence-electron chi connectivity index (χ3n) is 6.25. The molecule has 0 unspecified atom stereocenters. The van der Waals surface area contributed by atoms with Crippen LogP contribution in [0.3, 0.4) is 0 Å². The number of halogens is 1. The second-order valence-electron chi connectivity index (χ2n) is 11.0. The highest BCUT2D eigenvalue weighted by molar-refractivity contribution is 9.10. The first-order valence-electron chi connectivity index (χ1n) is 11.2. The lowest BCUT2D eigenvalue weighted by molar-refractivity contribution is -0.384. The number of carbonyl (C=O) groups excluding carboxylic acids is 1. The van der Waals surface area contributed by atoms with Gasteiger partial charge in [0, 0.05) is 27.8 Å². The number of ketones is 1. The van der Waals surface area contributed by atoms with Gasteiger partial charge in [-0.05, 0) is 58.9 Å². The van der Waals surface area contributed by atoms with Crippen LogP contribution in [-0.2, 0) is 4.79 Å². The van der Waals surface area contributed by atoms with Crippen molar-refractivity contribution >= 4 is 33.1 Å². The first-order valence-corrected chi connectivity index (χ1v) is 12.0. The number of non-ortho nitro benzene ring substituents is 1. The van der Waals surface area contributed by atoms with Crippen molar-refractivity contribution in [3.05, 3.63) is 85.9 Å². The number of rotatable bonds is 2. The Kier molecular flexibility index (Phi) is 5.75. The van der Waals surface area contributed by atoms with Crippen molar-refractivity contribution in [3.63, 3.8) is 0 Å². The zero-order chi connectivity index (χ0) is 25.1. The third kappa shape index (κ3) is 4.29. The molecule has 1 heterocycles. The van der Waals surface area contributed by atoms with Crippen LogP contribution in [0.1, 0.15) is 53.2 Å². The summed E-state index contributed by atoms with van der Waals surface area (Å²) in [6.45, 7) is 12.2. The molecule has 0 radical (unpaired) electrons. The number of nitro groups is 1. The average molecular weight is 525 g/mol. The van der Waals surface area contributed by atoms with Crippen molar-refractivity contribution < 1.29 is 14.5 Å². The van der Waals surface area contributed by atoms with Gasteiger partial charge in [-0.2, -0.15) is 0 Å². The monoisotopic (exact) mass is 524 g/mol. The Balaban J connectivity index is 1.99. The predicted octanol–water partition coefficient (Wildman–Crippen LogP) is 7.17. The van der Waals surface area contributed by atoms with E-state index in [1.165, 1.54) is 12.1 Å². The topological polar surface area (TPSA) is 81.5 Å². The Morgan fingerprint density at radius 1 is 0.971 bits per heavy atom. The molecule has 178 valence electrons. The number of nitrogens with one attached hydrogen (secondary N) is 1. The van der Waals surface area contributed by atoms with Gasteiger partial charge in [0.2, 0.25) is 0 Å². The molecule has 7 heteroatoms. The number of allylic oxidation sites excluding steroid dienone is 2. The van der Waals surface area contributed by atoms with Crippen LogP contribution in [0.15, 0.2) is 70.2 Å². The van der Waals surface area contributed by atoms with Crippen molar-refractivity contribution in [1.82, 2.24) is 0 Å². The summed E-state index contributed by atoms with van der Waals surface area (Å²) in [6, 6.07) is 12.2. The molecule has 1 aliphatic carbocycles. The normalized spacial score (nSPS) is 19.5. The van der Waals surface area contributed by atoms with Crippen molar-refractivity contribution in [2.45, 2.75) is 53.2 Å². The standard InChI is InChI=1S/C27H29BrN2O4/c1-25(2,3)19-14-27(15-20(23(19)31)26(4,5)6)24(16-7-10-18(11-8-16)30(32)33)34-22-12-9-17(28)13-21(22)29-27/h7-15,24,29H,1-6H3/t24-/m0/s1. The fourth-order valence-corrected chi connectivity index (χ4v) is 4.83. The number of carbonyl (C=O) groups is 1. The molecule has 1 spiro atoms. The van der Waals surface area contributed by atoms with E-state index in [1.54, 1.807) is 12.1 Å². The molecule has 0 saturated heterocycles. The van der Waals surface area contributed by atoms with Crippen LogP contribution in [-0.4, -0.2) is 16.2 Å². The largest absolute Gasteiger partial charge is 0.480 e. The van der Waals surface area contributed by atoms with Gasteiger partial charge in [0.15, 0.2) is 11.9 Å². The number of nitro benzene ring substituents is 1. The molecule has 2 aromatic carbocycles. The highest BCUT2D eigenvalue weighted by Crippen LogP contribution is 2.50. The number of nitrogens with zero attached hydrogens (tertiary/aromatic N) is 1. The maximum Gasteiger partial charge on any atom is 0.269 e. The van der Waals surface area contributed by atoms with E-state index in [0.29, 0.717) is 16.9 Å². The lowest BCUT2D eigenvalue weighted by Crippen LogP contribution is -2.50. The molecular formula is C27H29BrN2O4. The average Bonchev–Trinajstić information content (AvgIpc) is 2.73. The zero-order valence-electron chi connectivity index (χ0n) is 20.2. The lowest BCUT2D eigenvalue weighted by Gasteiger charge is -2.47. The maximum absolute atomic E-state index is 13.6. The summed E-state index contributed by atoms with van der Waals surface area (Å²) in [4.78, 5) is 24.4. The summed E-state index contributed by atoms with van der Waals surface area (Å²) < 4.78 is 7.47. The molecule has 34 heavy (non-hydrogen) atoms. The molecule has 0 amide bonds. The molecule has 1 N–H and O–H groups in total. The van der Waals surface area contributed by atoms with Crippen molar-refractivity contribution in [3.8, 4) is 5.75 Å². The SMILES string of the molecule is CC(C)(C)C1=CC2(C=C(C(C)(C)C)C1=O)Nc1cc(Br)ccc1O[C@H]2c1ccc([N+](=O)[O-])cc1. The minimum atomic E-state index is -0.872.